The maximum absolute atomic E-state index is 13.3. The molecule has 1 atom stereocenters. The first-order chi connectivity index (χ1) is 15.1. The topological polar surface area (TPSA) is 86.3 Å². The Kier molecular flexibility index (Phi) is 5.21. The van der Waals surface area contributed by atoms with Gasteiger partial charge in [0.15, 0.2) is 5.82 Å². The highest BCUT2D eigenvalue weighted by Crippen LogP contribution is 2.38. The normalized spacial score (nSPS) is 18.9. The van der Waals surface area contributed by atoms with Crippen molar-refractivity contribution in [2.45, 2.75) is 38.0 Å². The van der Waals surface area contributed by atoms with Gasteiger partial charge in [0.05, 0.1) is 12.8 Å². The standard InChI is InChI=1S/C23H27N5O3/c1-27-20(13-19(25-27)17-6-3-7-18(12-17)30-2)23(29)28-10-4-5-15(14-28)11-21-24-22(26-31-21)16-8-9-16/h3,6-7,12-13,15-16H,4-5,8-11,14H2,1-2H3. The molecule has 1 saturated heterocycles. The smallest absolute Gasteiger partial charge is 0.272 e. The van der Waals surface area contributed by atoms with Crippen LogP contribution in [-0.4, -0.2) is 50.9 Å². The lowest BCUT2D eigenvalue weighted by Crippen LogP contribution is -2.41. The van der Waals surface area contributed by atoms with Gasteiger partial charge in [-0.1, -0.05) is 17.3 Å². The van der Waals surface area contributed by atoms with E-state index in [9.17, 15) is 4.79 Å². The monoisotopic (exact) mass is 421 g/mol. The van der Waals surface area contributed by atoms with Crippen molar-refractivity contribution in [2.75, 3.05) is 20.2 Å². The second-order valence-corrected chi connectivity index (χ2v) is 8.55. The second kappa shape index (κ2) is 8.17. The van der Waals surface area contributed by atoms with Crippen LogP contribution >= 0.6 is 0 Å². The van der Waals surface area contributed by atoms with E-state index in [1.165, 1.54) is 0 Å². The van der Waals surface area contributed by atoms with E-state index in [4.69, 9.17) is 9.26 Å². The fourth-order valence-electron chi connectivity index (χ4n) is 4.27. The summed E-state index contributed by atoms with van der Waals surface area (Å²) in [5, 5.41) is 8.68. The molecule has 1 aliphatic carbocycles. The molecule has 0 spiro atoms. The first-order valence-electron chi connectivity index (χ1n) is 10.9. The Hall–Kier alpha value is -3.16. The van der Waals surface area contributed by atoms with Crippen molar-refractivity contribution in [2.24, 2.45) is 13.0 Å². The van der Waals surface area contributed by atoms with Gasteiger partial charge in [-0.05, 0) is 49.8 Å². The van der Waals surface area contributed by atoms with Crippen LogP contribution in [0.25, 0.3) is 11.3 Å². The summed E-state index contributed by atoms with van der Waals surface area (Å²) in [6, 6.07) is 9.57. The minimum absolute atomic E-state index is 0.0121. The minimum atomic E-state index is 0.0121. The molecule has 1 amide bonds. The van der Waals surface area contributed by atoms with Gasteiger partial charge in [-0.2, -0.15) is 10.1 Å². The van der Waals surface area contributed by atoms with Crippen molar-refractivity contribution < 1.29 is 14.1 Å². The number of piperidine rings is 1. The van der Waals surface area contributed by atoms with E-state index in [1.807, 2.05) is 42.3 Å². The maximum atomic E-state index is 13.3. The maximum Gasteiger partial charge on any atom is 0.272 e. The molecule has 2 aliphatic rings. The van der Waals surface area contributed by atoms with E-state index < -0.39 is 0 Å². The molecule has 1 aliphatic heterocycles. The van der Waals surface area contributed by atoms with Gasteiger partial charge in [-0.25, -0.2) is 0 Å². The zero-order valence-electron chi connectivity index (χ0n) is 18.0. The number of hydrogen-bond donors (Lipinski definition) is 0. The summed E-state index contributed by atoms with van der Waals surface area (Å²) in [5.74, 6) is 3.14. The highest BCUT2D eigenvalue weighted by atomic mass is 16.5. The number of carbonyl (C=O) groups is 1. The summed E-state index contributed by atoms with van der Waals surface area (Å²) in [6.45, 7) is 1.45. The van der Waals surface area contributed by atoms with E-state index in [2.05, 4.69) is 15.2 Å². The minimum Gasteiger partial charge on any atom is -0.497 e. The van der Waals surface area contributed by atoms with Crippen molar-refractivity contribution in [1.29, 1.82) is 0 Å². The Bertz CT molecular complexity index is 1080. The molecule has 1 unspecified atom stereocenters. The summed E-state index contributed by atoms with van der Waals surface area (Å²) in [5.41, 5.74) is 2.28. The fourth-order valence-corrected chi connectivity index (χ4v) is 4.27. The van der Waals surface area contributed by atoms with Crippen LogP contribution in [0.1, 0.15) is 53.8 Å². The largest absolute Gasteiger partial charge is 0.497 e. The number of benzene rings is 1. The van der Waals surface area contributed by atoms with E-state index in [-0.39, 0.29) is 5.91 Å². The summed E-state index contributed by atoms with van der Waals surface area (Å²) < 4.78 is 12.4. The summed E-state index contributed by atoms with van der Waals surface area (Å²) >= 11 is 0. The zero-order chi connectivity index (χ0) is 21.4. The van der Waals surface area contributed by atoms with Gasteiger partial charge < -0.3 is 14.2 Å². The average Bonchev–Trinajstić information content (AvgIpc) is 3.42. The Morgan fingerprint density at radius 3 is 2.94 bits per heavy atom. The number of aryl methyl sites for hydroxylation is 1. The number of rotatable bonds is 6. The number of likely N-dealkylation sites (tertiary alicyclic amines) is 1. The van der Waals surface area contributed by atoms with Crippen LogP contribution in [0.5, 0.6) is 5.75 Å². The molecular weight excluding hydrogens is 394 g/mol. The number of methoxy groups -OCH3 is 1. The predicted molar refractivity (Wildman–Crippen MR) is 114 cm³/mol. The van der Waals surface area contributed by atoms with Crippen LogP contribution < -0.4 is 4.74 Å². The summed E-state index contributed by atoms with van der Waals surface area (Å²) in [7, 11) is 3.45. The second-order valence-electron chi connectivity index (χ2n) is 8.55. The number of ether oxygens (including phenoxy) is 1. The van der Waals surface area contributed by atoms with Crippen LogP contribution in [0.2, 0.25) is 0 Å². The van der Waals surface area contributed by atoms with Gasteiger partial charge in [0.1, 0.15) is 11.4 Å². The molecule has 8 nitrogen and oxygen atoms in total. The predicted octanol–water partition coefficient (Wildman–Crippen LogP) is 3.45. The zero-order valence-corrected chi connectivity index (χ0v) is 18.0. The molecule has 0 N–H and O–H groups in total. The Morgan fingerprint density at radius 1 is 1.26 bits per heavy atom. The van der Waals surface area contributed by atoms with E-state index >= 15 is 0 Å². The van der Waals surface area contributed by atoms with Gasteiger partial charge in [-0.15, -0.1) is 0 Å². The Labute approximate surface area is 181 Å². The molecule has 2 aromatic heterocycles. The quantitative estimate of drug-likeness (QED) is 0.606. The van der Waals surface area contributed by atoms with E-state index in [0.29, 0.717) is 30.0 Å². The van der Waals surface area contributed by atoms with Crippen molar-refractivity contribution in [3.05, 3.63) is 47.7 Å². The number of aromatic nitrogens is 4. The first kappa shape index (κ1) is 19.8. The lowest BCUT2D eigenvalue weighted by Gasteiger charge is -2.32. The number of carbonyl (C=O) groups excluding carboxylic acids is 1. The van der Waals surface area contributed by atoms with E-state index in [1.54, 1.807) is 11.8 Å². The molecule has 1 aromatic carbocycles. The number of amides is 1. The molecule has 8 heteroatoms. The fraction of sp³-hybridized carbons (Fsp3) is 0.478. The van der Waals surface area contributed by atoms with Crippen LogP contribution in [0.15, 0.2) is 34.9 Å². The number of nitrogens with zero attached hydrogens (tertiary/aromatic N) is 5. The Balaban J connectivity index is 1.28. The third kappa shape index (κ3) is 4.19. The van der Waals surface area contributed by atoms with Crippen LogP contribution in [0.3, 0.4) is 0 Å². The first-order valence-corrected chi connectivity index (χ1v) is 10.9. The molecular formula is C23H27N5O3. The molecule has 2 fully saturated rings. The van der Waals surface area contributed by atoms with Crippen LogP contribution in [0.4, 0.5) is 0 Å². The highest BCUT2D eigenvalue weighted by Gasteiger charge is 2.31. The van der Waals surface area contributed by atoms with Gasteiger partial charge in [0.2, 0.25) is 5.89 Å². The number of hydrogen-bond acceptors (Lipinski definition) is 6. The Morgan fingerprint density at radius 2 is 2.13 bits per heavy atom. The lowest BCUT2D eigenvalue weighted by molar-refractivity contribution is 0.0657. The van der Waals surface area contributed by atoms with Crippen molar-refractivity contribution in [3.8, 4) is 17.0 Å². The van der Waals surface area contributed by atoms with Crippen LogP contribution in [-0.2, 0) is 13.5 Å². The molecule has 0 bridgehead atoms. The van der Waals surface area contributed by atoms with Gasteiger partial charge in [-0.3, -0.25) is 9.48 Å². The van der Waals surface area contributed by atoms with E-state index in [0.717, 1.165) is 61.5 Å². The van der Waals surface area contributed by atoms with Gasteiger partial charge in [0, 0.05) is 38.0 Å². The van der Waals surface area contributed by atoms with Crippen LogP contribution in [0, 0.1) is 5.92 Å². The molecule has 0 radical (unpaired) electrons. The van der Waals surface area contributed by atoms with Gasteiger partial charge in [0.25, 0.3) is 5.91 Å². The third-order valence-corrected chi connectivity index (χ3v) is 6.16. The molecule has 1 saturated carbocycles. The van der Waals surface area contributed by atoms with Crippen molar-refractivity contribution in [1.82, 2.24) is 24.8 Å². The summed E-state index contributed by atoms with van der Waals surface area (Å²) in [4.78, 5) is 19.8. The molecule has 31 heavy (non-hydrogen) atoms. The molecule has 3 heterocycles. The molecule has 162 valence electrons. The van der Waals surface area contributed by atoms with Crippen molar-refractivity contribution in [3.63, 3.8) is 0 Å². The molecule has 5 rings (SSSR count). The summed E-state index contributed by atoms with van der Waals surface area (Å²) in [6.07, 6.45) is 5.08. The highest BCUT2D eigenvalue weighted by molar-refractivity contribution is 5.93. The van der Waals surface area contributed by atoms with Gasteiger partial charge >= 0.3 is 0 Å². The third-order valence-electron chi connectivity index (χ3n) is 6.16. The lowest BCUT2D eigenvalue weighted by atomic mass is 9.94. The SMILES string of the molecule is COc1cccc(-c2cc(C(=O)N3CCCC(Cc4nc(C5CC5)no4)C3)n(C)n2)c1. The average molecular weight is 422 g/mol. The molecule has 3 aromatic rings. The van der Waals surface area contributed by atoms with Crippen molar-refractivity contribution >= 4 is 5.91 Å².